The normalized spacial score (nSPS) is 20.1. The molecule has 0 spiro atoms. The SMILES string of the molecule is COc1nc(O[C@H]2CCc3c(-c4cccc(-c5ccc(CNC[C@@H]6CCC(=O)N6)cc5)c4Cl)cccc32)c(Cl)cc1CN1CC[C@@H](C(=O)O)C1. The van der Waals surface area contributed by atoms with E-state index < -0.39 is 5.97 Å². The molecule has 0 radical (unpaired) electrons. The van der Waals surface area contributed by atoms with E-state index in [-0.39, 0.29) is 24.0 Å². The first kappa shape index (κ1) is 34.3. The van der Waals surface area contributed by atoms with Gasteiger partial charge in [0.15, 0.2) is 0 Å². The van der Waals surface area contributed by atoms with Crippen LogP contribution in [0, 0.1) is 5.92 Å². The van der Waals surface area contributed by atoms with Crippen LogP contribution < -0.4 is 20.1 Å². The molecule has 2 aliphatic heterocycles. The molecule has 3 N–H and O–H groups in total. The molecule has 3 aliphatic rings. The zero-order chi connectivity index (χ0) is 34.8. The molecular weight excluding hydrogens is 675 g/mol. The number of nitrogens with zero attached hydrogens (tertiary/aromatic N) is 2. The second-order valence-corrected chi connectivity index (χ2v) is 14.1. The summed E-state index contributed by atoms with van der Waals surface area (Å²) in [6.07, 6.45) is 3.44. The number of fused-ring (bicyclic) bond motifs is 1. The number of likely N-dealkylation sites (tertiary alicyclic amines) is 1. The van der Waals surface area contributed by atoms with Gasteiger partial charge in [-0.25, -0.2) is 0 Å². The second-order valence-electron chi connectivity index (χ2n) is 13.3. The highest BCUT2D eigenvalue weighted by atomic mass is 35.5. The maximum absolute atomic E-state index is 11.5. The highest BCUT2D eigenvalue weighted by molar-refractivity contribution is 6.36. The molecule has 4 aromatic rings. The van der Waals surface area contributed by atoms with E-state index in [4.69, 9.17) is 32.7 Å². The van der Waals surface area contributed by atoms with E-state index in [9.17, 15) is 14.7 Å². The van der Waals surface area contributed by atoms with Crippen LogP contribution in [0.3, 0.4) is 0 Å². The maximum atomic E-state index is 11.5. The van der Waals surface area contributed by atoms with Gasteiger partial charge < -0.3 is 25.2 Å². The summed E-state index contributed by atoms with van der Waals surface area (Å²) in [7, 11) is 1.56. The molecule has 0 bridgehead atoms. The fourth-order valence-corrected chi connectivity index (χ4v) is 7.95. The molecule has 3 aromatic carbocycles. The number of carboxylic acids is 1. The van der Waals surface area contributed by atoms with Gasteiger partial charge in [-0.3, -0.25) is 14.5 Å². The van der Waals surface area contributed by atoms with Crippen molar-refractivity contribution in [1.29, 1.82) is 0 Å². The van der Waals surface area contributed by atoms with E-state index in [1.165, 1.54) is 11.1 Å². The number of halogens is 2. The highest BCUT2D eigenvalue weighted by Gasteiger charge is 2.31. The summed E-state index contributed by atoms with van der Waals surface area (Å²) in [5.74, 6) is -0.270. The number of carbonyl (C=O) groups excluding carboxylic acids is 1. The van der Waals surface area contributed by atoms with Crippen molar-refractivity contribution in [2.24, 2.45) is 5.92 Å². The van der Waals surface area contributed by atoms with Crippen LogP contribution in [0.25, 0.3) is 22.3 Å². The van der Waals surface area contributed by atoms with Crippen LogP contribution in [0.1, 0.15) is 54.0 Å². The predicted molar refractivity (Wildman–Crippen MR) is 194 cm³/mol. The Bertz CT molecular complexity index is 1900. The van der Waals surface area contributed by atoms with Gasteiger partial charge in [0.25, 0.3) is 0 Å². The molecular formula is C39H40Cl2N4O5. The molecule has 1 aliphatic carbocycles. The lowest BCUT2D eigenvalue weighted by Crippen LogP contribution is -2.35. The number of amides is 1. The average molecular weight is 716 g/mol. The summed E-state index contributed by atoms with van der Waals surface area (Å²) in [5, 5.41) is 16.9. The molecule has 0 saturated carbocycles. The van der Waals surface area contributed by atoms with Crippen molar-refractivity contribution in [1.82, 2.24) is 20.5 Å². The molecule has 1 aromatic heterocycles. The third kappa shape index (κ3) is 7.32. The number of benzene rings is 3. The Labute approximate surface area is 301 Å². The Morgan fingerprint density at radius 1 is 1.00 bits per heavy atom. The largest absolute Gasteiger partial charge is 0.481 e. The molecule has 7 rings (SSSR count). The first-order valence-electron chi connectivity index (χ1n) is 17.1. The first-order valence-corrected chi connectivity index (χ1v) is 17.9. The van der Waals surface area contributed by atoms with Crippen molar-refractivity contribution in [2.45, 2.75) is 57.3 Å². The number of aliphatic carboxylic acids is 1. The molecule has 1 amide bonds. The molecule has 3 heterocycles. The summed E-state index contributed by atoms with van der Waals surface area (Å²) in [5.41, 5.74) is 8.30. The standard InChI is InChI=1S/C39H40Cl2N4O5/c1-49-37-26(22-45-17-16-25(21-45)39(47)48)18-33(40)38(44-37)50-34-14-13-30-29(5-3-6-31(30)34)32-7-2-4-28(36(32)41)24-10-8-23(9-11-24)19-42-20-27-12-15-35(46)43-27/h2-11,18,25,27,34,42H,12-17,19-22H2,1H3,(H,43,46)(H,47,48)/t25-,27+,34+/m1/s1. The quantitative estimate of drug-likeness (QED) is 0.143. The predicted octanol–water partition coefficient (Wildman–Crippen LogP) is 7.07. The van der Waals surface area contributed by atoms with E-state index in [1.807, 2.05) is 18.2 Å². The Kier molecular flexibility index (Phi) is 10.3. The van der Waals surface area contributed by atoms with Crippen molar-refractivity contribution in [3.63, 3.8) is 0 Å². The molecule has 260 valence electrons. The number of aromatic nitrogens is 1. The Hall–Kier alpha value is -4.15. The average Bonchev–Trinajstić information content (AvgIpc) is 3.87. The third-order valence-electron chi connectivity index (χ3n) is 10.0. The van der Waals surface area contributed by atoms with Gasteiger partial charge in [0, 0.05) is 55.3 Å². The monoisotopic (exact) mass is 714 g/mol. The van der Waals surface area contributed by atoms with Crippen LogP contribution in [0.5, 0.6) is 11.8 Å². The Balaban J connectivity index is 1.05. The topological polar surface area (TPSA) is 113 Å². The fraction of sp³-hybridized carbons (Fsp3) is 0.359. The molecule has 2 fully saturated rings. The number of ether oxygens (including phenoxy) is 2. The zero-order valence-electron chi connectivity index (χ0n) is 27.9. The van der Waals surface area contributed by atoms with Gasteiger partial charge in [-0.2, -0.15) is 4.98 Å². The fourth-order valence-electron chi connectivity index (χ4n) is 7.40. The zero-order valence-corrected chi connectivity index (χ0v) is 29.4. The number of nitrogens with one attached hydrogen (secondary N) is 2. The number of carbonyl (C=O) groups is 2. The first-order chi connectivity index (χ1) is 24.3. The number of carboxylic acid groups (broad SMARTS) is 1. The third-order valence-corrected chi connectivity index (χ3v) is 10.7. The number of hydrogen-bond donors (Lipinski definition) is 3. The number of pyridine rings is 1. The van der Waals surface area contributed by atoms with Crippen LogP contribution >= 0.6 is 23.2 Å². The smallest absolute Gasteiger partial charge is 0.307 e. The van der Waals surface area contributed by atoms with Gasteiger partial charge in [-0.1, -0.05) is 83.9 Å². The molecule has 2 saturated heterocycles. The van der Waals surface area contributed by atoms with Crippen molar-refractivity contribution in [3.8, 4) is 34.0 Å². The Morgan fingerprint density at radius 2 is 1.78 bits per heavy atom. The van der Waals surface area contributed by atoms with Gasteiger partial charge in [0.1, 0.15) is 11.1 Å². The summed E-state index contributed by atoms with van der Waals surface area (Å²) in [4.78, 5) is 29.6. The van der Waals surface area contributed by atoms with E-state index in [2.05, 4.69) is 69.0 Å². The molecule has 3 atom stereocenters. The van der Waals surface area contributed by atoms with Crippen LogP contribution in [-0.2, 0) is 29.1 Å². The van der Waals surface area contributed by atoms with Gasteiger partial charge in [-0.05, 0) is 66.1 Å². The minimum Gasteiger partial charge on any atom is -0.481 e. The van der Waals surface area contributed by atoms with Crippen LogP contribution in [0.15, 0.2) is 66.7 Å². The van der Waals surface area contributed by atoms with E-state index in [0.29, 0.717) is 54.3 Å². The lowest BCUT2D eigenvalue weighted by Gasteiger charge is -2.20. The van der Waals surface area contributed by atoms with Crippen molar-refractivity contribution >= 4 is 35.1 Å². The van der Waals surface area contributed by atoms with E-state index in [1.54, 1.807) is 7.11 Å². The van der Waals surface area contributed by atoms with Crippen LogP contribution in [-0.4, -0.2) is 59.7 Å². The molecule has 0 unspecified atom stereocenters. The summed E-state index contributed by atoms with van der Waals surface area (Å²) in [6, 6.07) is 22.9. The van der Waals surface area contributed by atoms with E-state index >= 15 is 0 Å². The van der Waals surface area contributed by atoms with Crippen LogP contribution in [0.2, 0.25) is 10.0 Å². The molecule has 11 heteroatoms. The maximum Gasteiger partial charge on any atom is 0.307 e. The van der Waals surface area contributed by atoms with Gasteiger partial charge in [0.2, 0.25) is 17.7 Å². The van der Waals surface area contributed by atoms with Gasteiger partial charge in [0.05, 0.1) is 18.1 Å². The van der Waals surface area contributed by atoms with Crippen LogP contribution in [0.4, 0.5) is 0 Å². The van der Waals surface area contributed by atoms with Gasteiger partial charge >= 0.3 is 5.97 Å². The minimum atomic E-state index is -0.766. The highest BCUT2D eigenvalue weighted by Crippen LogP contribution is 2.44. The molecule has 50 heavy (non-hydrogen) atoms. The second kappa shape index (κ2) is 15.0. The number of hydrogen-bond acceptors (Lipinski definition) is 7. The lowest BCUT2D eigenvalue weighted by molar-refractivity contribution is -0.141. The van der Waals surface area contributed by atoms with Gasteiger partial charge in [-0.15, -0.1) is 0 Å². The van der Waals surface area contributed by atoms with E-state index in [0.717, 1.165) is 65.7 Å². The summed E-state index contributed by atoms with van der Waals surface area (Å²) in [6.45, 7) is 3.16. The molecule has 9 nitrogen and oxygen atoms in total. The number of methoxy groups -OCH3 is 1. The lowest BCUT2D eigenvalue weighted by atomic mass is 9.93. The minimum absolute atomic E-state index is 0.132. The summed E-state index contributed by atoms with van der Waals surface area (Å²) < 4.78 is 12.1. The van der Waals surface area contributed by atoms with Crippen molar-refractivity contribution in [3.05, 3.63) is 99.0 Å². The number of rotatable bonds is 12. The van der Waals surface area contributed by atoms with Crippen molar-refractivity contribution in [2.75, 3.05) is 26.7 Å². The summed E-state index contributed by atoms with van der Waals surface area (Å²) >= 11 is 13.9. The Morgan fingerprint density at radius 3 is 2.52 bits per heavy atom. The van der Waals surface area contributed by atoms with Crippen molar-refractivity contribution < 1.29 is 24.2 Å².